The highest BCUT2D eigenvalue weighted by molar-refractivity contribution is 8.17. The number of benzene rings is 2. The standard InChI is InChI=1S/C21H18N2O3S2/c1-15-7-9-17(10-8-15)28(24,25)26-23-21-20(12-14-27-21)19(11-13-22)18-6-4-3-5-16(18)2/h3-10,12,14H,11H2,1-2H3. The minimum absolute atomic E-state index is 0.0417. The van der Waals surface area contributed by atoms with Gasteiger partial charge in [-0.15, -0.1) is 0 Å². The smallest absolute Gasteiger partial charge is 0.264 e. The Labute approximate surface area is 169 Å². The SMILES string of the molecule is Cc1ccc(S(=O)(=O)ON=C2SC=CC2=C(CC#N)c2ccccc2C)cc1. The Morgan fingerprint density at radius 1 is 1.14 bits per heavy atom. The number of nitrogens with zero attached hydrogens (tertiary/aromatic N) is 2. The van der Waals surface area contributed by atoms with Crippen molar-refractivity contribution in [2.24, 2.45) is 5.16 Å². The van der Waals surface area contributed by atoms with Gasteiger partial charge < -0.3 is 0 Å². The van der Waals surface area contributed by atoms with Gasteiger partial charge in [0.1, 0.15) is 9.94 Å². The van der Waals surface area contributed by atoms with E-state index in [9.17, 15) is 13.7 Å². The highest BCUT2D eigenvalue weighted by atomic mass is 32.2. The molecule has 0 bridgehead atoms. The Morgan fingerprint density at radius 3 is 2.54 bits per heavy atom. The van der Waals surface area contributed by atoms with Gasteiger partial charge in [-0.3, -0.25) is 4.28 Å². The van der Waals surface area contributed by atoms with Crippen molar-refractivity contribution < 1.29 is 12.7 Å². The quantitative estimate of drug-likeness (QED) is 0.652. The van der Waals surface area contributed by atoms with Crippen LogP contribution in [0.3, 0.4) is 0 Å². The van der Waals surface area contributed by atoms with Crippen LogP contribution >= 0.6 is 11.8 Å². The molecule has 7 heteroatoms. The molecule has 2 aromatic rings. The van der Waals surface area contributed by atoms with E-state index < -0.39 is 10.1 Å². The van der Waals surface area contributed by atoms with Gasteiger partial charge in [-0.05, 0) is 54.2 Å². The van der Waals surface area contributed by atoms with Gasteiger partial charge in [0.25, 0.3) is 0 Å². The summed E-state index contributed by atoms with van der Waals surface area (Å²) in [5, 5.41) is 15.4. The Hall–Kier alpha value is -2.82. The number of allylic oxidation sites excluding steroid dienone is 2. The van der Waals surface area contributed by atoms with Crippen LogP contribution in [-0.2, 0) is 14.4 Å². The van der Waals surface area contributed by atoms with E-state index in [1.54, 1.807) is 17.5 Å². The zero-order chi connectivity index (χ0) is 20.1. The Kier molecular flexibility index (Phi) is 6.02. The number of rotatable bonds is 5. The maximum Gasteiger partial charge on any atom is 0.358 e. The molecule has 0 unspecified atom stereocenters. The molecule has 0 spiro atoms. The molecule has 142 valence electrons. The highest BCUT2D eigenvalue weighted by Crippen LogP contribution is 2.34. The molecule has 28 heavy (non-hydrogen) atoms. The molecule has 0 fully saturated rings. The number of hydrogen-bond acceptors (Lipinski definition) is 6. The van der Waals surface area contributed by atoms with Crippen LogP contribution in [0.4, 0.5) is 0 Å². The highest BCUT2D eigenvalue weighted by Gasteiger charge is 2.21. The second kappa shape index (κ2) is 8.46. The van der Waals surface area contributed by atoms with E-state index in [1.807, 2.05) is 44.2 Å². The monoisotopic (exact) mass is 410 g/mol. The maximum atomic E-state index is 12.4. The van der Waals surface area contributed by atoms with Crippen molar-refractivity contribution in [2.45, 2.75) is 25.2 Å². The van der Waals surface area contributed by atoms with Crippen LogP contribution in [-0.4, -0.2) is 13.5 Å². The molecule has 1 heterocycles. The van der Waals surface area contributed by atoms with Gasteiger partial charge in [-0.1, -0.05) is 58.9 Å². The van der Waals surface area contributed by atoms with Crippen molar-refractivity contribution in [3.63, 3.8) is 0 Å². The molecule has 0 atom stereocenters. The van der Waals surface area contributed by atoms with E-state index in [4.69, 9.17) is 4.28 Å². The first-order chi connectivity index (χ1) is 13.4. The minimum Gasteiger partial charge on any atom is -0.264 e. The first-order valence-electron chi connectivity index (χ1n) is 8.50. The van der Waals surface area contributed by atoms with Crippen LogP contribution in [0.1, 0.15) is 23.1 Å². The van der Waals surface area contributed by atoms with Crippen LogP contribution in [0.5, 0.6) is 0 Å². The molecule has 0 N–H and O–H groups in total. The second-order valence-electron chi connectivity index (χ2n) is 6.20. The molecule has 5 nitrogen and oxygen atoms in total. The summed E-state index contributed by atoms with van der Waals surface area (Å²) < 4.78 is 29.7. The predicted octanol–water partition coefficient (Wildman–Crippen LogP) is 4.95. The third-order valence-electron chi connectivity index (χ3n) is 4.22. The number of nitriles is 1. The summed E-state index contributed by atoms with van der Waals surface area (Å²) in [7, 11) is -4.01. The second-order valence-corrected chi connectivity index (χ2v) is 8.62. The fraction of sp³-hybridized carbons (Fsp3) is 0.143. The molecule has 0 aromatic heterocycles. The fourth-order valence-corrected chi connectivity index (χ4v) is 4.27. The molecule has 1 aliphatic heterocycles. The topological polar surface area (TPSA) is 79.5 Å². The lowest BCUT2D eigenvalue weighted by atomic mass is 9.94. The summed E-state index contributed by atoms with van der Waals surface area (Å²) in [5.41, 5.74) is 4.39. The van der Waals surface area contributed by atoms with E-state index in [0.29, 0.717) is 10.6 Å². The molecule has 0 saturated carbocycles. The normalized spacial score (nSPS) is 16.8. The molecular formula is C21H18N2O3S2. The average molecular weight is 411 g/mol. The van der Waals surface area contributed by atoms with Crippen LogP contribution < -0.4 is 0 Å². The summed E-state index contributed by atoms with van der Waals surface area (Å²) in [6.45, 7) is 3.84. The summed E-state index contributed by atoms with van der Waals surface area (Å²) in [6.07, 6.45) is 2.00. The van der Waals surface area contributed by atoms with Crippen molar-refractivity contribution in [1.82, 2.24) is 0 Å². The largest absolute Gasteiger partial charge is 0.358 e. The average Bonchev–Trinajstić information content (AvgIpc) is 3.14. The number of aryl methyl sites for hydroxylation is 2. The Bertz CT molecular complexity index is 1120. The maximum absolute atomic E-state index is 12.4. The molecule has 0 radical (unpaired) electrons. The van der Waals surface area contributed by atoms with Gasteiger partial charge in [0.05, 0.1) is 12.5 Å². The summed E-state index contributed by atoms with van der Waals surface area (Å²) in [6, 6.07) is 16.3. The zero-order valence-corrected chi connectivity index (χ0v) is 17.0. The van der Waals surface area contributed by atoms with Crippen molar-refractivity contribution in [2.75, 3.05) is 0 Å². The lowest BCUT2D eigenvalue weighted by molar-refractivity contribution is 0.340. The Morgan fingerprint density at radius 2 is 1.86 bits per heavy atom. The van der Waals surface area contributed by atoms with E-state index in [2.05, 4.69) is 11.2 Å². The predicted molar refractivity (Wildman–Crippen MR) is 112 cm³/mol. The van der Waals surface area contributed by atoms with E-state index in [-0.39, 0.29) is 11.3 Å². The van der Waals surface area contributed by atoms with Gasteiger partial charge in [0, 0.05) is 5.57 Å². The van der Waals surface area contributed by atoms with E-state index in [0.717, 1.165) is 22.3 Å². The van der Waals surface area contributed by atoms with Gasteiger partial charge in [-0.2, -0.15) is 13.7 Å². The third kappa shape index (κ3) is 4.35. The van der Waals surface area contributed by atoms with Crippen molar-refractivity contribution >= 4 is 32.5 Å². The Balaban J connectivity index is 1.97. The van der Waals surface area contributed by atoms with E-state index in [1.165, 1.54) is 23.9 Å². The fourth-order valence-electron chi connectivity index (χ4n) is 2.76. The van der Waals surface area contributed by atoms with Crippen molar-refractivity contribution in [3.05, 3.63) is 82.3 Å². The summed E-state index contributed by atoms with van der Waals surface area (Å²) in [5.74, 6) is 0. The molecule has 1 aliphatic rings. The molecule has 2 aromatic carbocycles. The summed E-state index contributed by atoms with van der Waals surface area (Å²) >= 11 is 1.26. The van der Waals surface area contributed by atoms with Crippen LogP contribution in [0, 0.1) is 25.2 Å². The minimum atomic E-state index is -4.01. The molecule has 0 amide bonds. The molecule has 0 aliphatic carbocycles. The van der Waals surface area contributed by atoms with Crippen molar-refractivity contribution in [1.29, 1.82) is 5.26 Å². The van der Waals surface area contributed by atoms with Gasteiger partial charge in [0.2, 0.25) is 0 Å². The van der Waals surface area contributed by atoms with Gasteiger partial charge in [0.15, 0.2) is 0 Å². The summed E-state index contributed by atoms with van der Waals surface area (Å²) in [4.78, 5) is 0.0417. The van der Waals surface area contributed by atoms with Crippen LogP contribution in [0.2, 0.25) is 0 Å². The first-order valence-corrected chi connectivity index (χ1v) is 10.8. The lowest BCUT2D eigenvalue weighted by Crippen LogP contribution is -2.05. The van der Waals surface area contributed by atoms with Crippen LogP contribution in [0.25, 0.3) is 5.57 Å². The lowest BCUT2D eigenvalue weighted by Gasteiger charge is -2.11. The van der Waals surface area contributed by atoms with Crippen molar-refractivity contribution in [3.8, 4) is 6.07 Å². The van der Waals surface area contributed by atoms with Gasteiger partial charge >= 0.3 is 10.1 Å². The van der Waals surface area contributed by atoms with E-state index >= 15 is 0 Å². The third-order valence-corrected chi connectivity index (χ3v) is 6.13. The first kappa shape index (κ1) is 19.9. The molecule has 3 rings (SSSR count). The number of oxime groups is 1. The molecular weight excluding hydrogens is 392 g/mol. The number of thioether (sulfide) groups is 1. The van der Waals surface area contributed by atoms with Gasteiger partial charge in [-0.25, -0.2) is 0 Å². The zero-order valence-electron chi connectivity index (χ0n) is 15.4. The molecule has 0 saturated heterocycles. The number of hydrogen-bond donors (Lipinski definition) is 0. The van der Waals surface area contributed by atoms with Crippen LogP contribution in [0.15, 0.2) is 75.6 Å².